The second kappa shape index (κ2) is 5.63. The van der Waals surface area contributed by atoms with E-state index in [4.69, 9.17) is 4.74 Å². The van der Waals surface area contributed by atoms with Gasteiger partial charge in [0, 0.05) is 16.9 Å². The number of halogens is 1. The summed E-state index contributed by atoms with van der Waals surface area (Å²) in [6.45, 7) is 1.13. The zero-order valence-corrected chi connectivity index (χ0v) is 10.6. The molecule has 0 fully saturated rings. The van der Waals surface area contributed by atoms with Crippen molar-refractivity contribution in [3.63, 3.8) is 0 Å². The predicted octanol–water partition coefficient (Wildman–Crippen LogP) is 2.54. The SMILES string of the molecule is O=Cc1cc(Br)ccc1OCCn1cccn1. The lowest BCUT2D eigenvalue weighted by atomic mass is 10.2. The molecule has 0 bridgehead atoms. The number of nitrogens with zero attached hydrogens (tertiary/aromatic N) is 2. The lowest BCUT2D eigenvalue weighted by molar-refractivity contribution is 0.111. The lowest BCUT2D eigenvalue weighted by Crippen LogP contribution is -2.09. The average molecular weight is 295 g/mol. The summed E-state index contributed by atoms with van der Waals surface area (Å²) in [4.78, 5) is 10.9. The monoisotopic (exact) mass is 294 g/mol. The van der Waals surface area contributed by atoms with Gasteiger partial charge in [0.1, 0.15) is 12.4 Å². The second-order valence-corrected chi connectivity index (χ2v) is 4.33. The number of aldehydes is 1. The minimum absolute atomic E-state index is 0.476. The number of rotatable bonds is 5. The van der Waals surface area contributed by atoms with Crippen molar-refractivity contribution < 1.29 is 9.53 Å². The van der Waals surface area contributed by atoms with Crippen LogP contribution in [0.25, 0.3) is 0 Å². The van der Waals surface area contributed by atoms with Gasteiger partial charge in [-0.25, -0.2) is 0 Å². The van der Waals surface area contributed by atoms with Gasteiger partial charge in [-0.2, -0.15) is 5.10 Å². The fourth-order valence-corrected chi connectivity index (χ4v) is 1.80. The van der Waals surface area contributed by atoms with Crippen molar-refractivity contribution in [3.05, 3.63) is 46.7 Å². The Bertz CT molecular complexity index is 497. The Morgan fingerprint density at radius 2 is 2.35 bits per heavy atom. The molecule has 0 spiro atoms. The molecule has 2 rings (SSSR count). The summed E-state index contributed by atoms with van der Waals surface area (Å²) in [5.41, 5.74) is 0.542. The van der Waals surface area contributed by atoms with Gasteiger partial charge in [0.15, 0.2) is 6.29 Å². The first-order valence-corrected chi connectivity index (χ1v) is 5.94. The quantitative estimate of drug-likeness (QED) is 0.796. The van der Waals surface area contributed by atoms with E-state index in [9.17, 15) is 4.79 Å². The number of benzene rings is 1. The summed E-state index contributed by atoms with van der Waals surface area (Å²) in [6.07, 6.45) is 4.37. The van der Waals surface area contributed by atoms with Crippen LogP contribution in [0.15, 0.2) is 41.1 Å². The van der Waals surface area contributed by atoms with Crippen molar-refractivity contribution in [1.29, 1.82) is 0 Å². The molecule has 0 aliphatic carbocycles. The highest BCUT2D eigenvalue weighted by Gasteiger charge is 2.03. The third kappa shape index (κ3) is 3.17. The van der Waals surface area contributed by atoms with Crippen LogP contribution in [0.1, 0.15) is 10.4 Å². The smallest absolute Gasteiger partial charge is 0.153 e. The Balaban J connectivity index is 1.96. The van der Waals surface area contributed by atoms with Crippen LogP contribution in [0.3, 0.4) is 0 Å². The third-order valence-electron chi connectivity index (χ3n) is 2.24. The summed E-state index contributed by atoms with van der Waals surface area (Å²) >= 11 is 3.31. The van der Waals surface area contributed by atoms with Gasteiger partial charge in [0.2, 0.25) is 0 Å². The van der Waals surface area contributed by atoms with E-state index in [1.54, 1.807) is 23.0 Å². The van der Waals surface area contributed by atoms with E-state index >= 15 is 0 Å². The number of carbonyl (C=O) groups excluding carboxylic acids is 1. The van der Waals surface area contributed by atoms with Gasteiger partial charge in [0.25, 0.3) is 0 Å². The molecule has 88 valence electrons. The lowest BCUT2D eigenvalue weighted by Gasteiger charge is -2.08. The molecule has 0 amide bonds. The molecule has 1 heterocycles. The van der Waals surface area contributed by atoms with Crippen LogP contribution >= 0.6 is 15.9 Å². The standard InChI is InChI=1S/C12H11BrN2O2/c13-11-2-3-12(10(8-11)9-16)17-7-6-15-5-1-4-14-15/h1-5,8-9H,6-7H2. The zero-order valence-electron chi connectivity index (χ0n) is 9.04. The number of ether oxygens (including phenoxy) is 1. The van der Waals surface area contributed by atoms with Crippen LogP contribution in [-0.4, -0.2) is 22.7 Å². The molecule has 0 aliphatic heterocycles. The van der Waals surface area contributed by atoms with E-state index in [2.05, 4.69) is 21.0 Å². The number of hydrogen-bond donors (Lipinski definition) is 0. The van der Waals surface area contributed by atoms with Gasteiger partial charge in [-0.05, 0) is 24.3 Å². The molecule has 0 atom stereocenters. The predicted molar refractivity (Wildman–Crippen MR) is 67.3 cm³/mol. The molecule has 0 saturated carbocycles. The minimum atomic E-state index is 0.476. The van der Waals surface area contributed by atoms with Crippen molar-refractivity contribution in [3.8, 4) is 5.75 Å². The Morgan fingerprint density at radius 1 is 1.47 bits per heavy atom. The van der Waals surface area contributed by atoms with Gasteiger partial charge in [-0.15, -0.1) is 0 Å². The van der Waals surface area contributed by atoms with E-state index < -0.39 is 0 Å². The third-order valence-corrected chi connectivity index (χ3v) is 2.73. The first kappa shape index (κ1) is 11.9. The molecule has 0 aliphatic rings. The molecule has 0 unspecified atom stereocenters. The van der Waals surface area contributed by atoms with E-state index in [1.165, 1.54) is 0 Å². The van der Waals surface area contributed by atoms with Crippen molar-refractivity contribution in [2.45, 2.75) is 6.54 Å². The minimum Gasteiger partial charge on any atom is -0.491 e. The molecule has 0 radical (unpaired) electrons. The Morgan fingerprint density at radius 3 is 3.06 bits per heavy atom. The van der Waals surface area contributed by atoms with Gasteiger partial charge >= 0.3 is 0 Å². The van der Waals surface area contributed by atoms with E-state index in [0.717, 1.165) is 10.8 Å². The maximum Gasteiger partial charge on any atom is 0.153 e. The van der Waals surface area contributed by atoms with E-state index in [1.807, 2.05) is 18.3 Å². The van der Waals surface area contributed by atoms with Crippen LogP contribution in [0.5, 0.6) is 5.75 Å². The van der Waals surface area contributed by atoms with E-state index in [0.29, 0.717) is 24.5 Å². The van der Waals surface area contributed by atoms with Crippen molar-refractivity contribution >= 4 is 22.2 Å². The molecule has 2 aromatic rings. The normalized spacial score (nSPS) is 10.2. The van der Waals surface area contributed by atoms with Gasteiger partial charge in [-0.3, -0.25) is 9.48 Å². The molecule has 5 heteroatoms. The summed E-state index contributed by atoms with van der Waals surface area (Å²) in [7, 11) is 0. The van der Waals surface area contributed by atoms with E-state index in [-0.39, 0.29) is 0 Å². The molecule has 4 nitrogen and oxygen atoms in total. The first-order valence-electron chi connectivity index (χ1n) is 5.14. The van der Waals surface area contributed by atoms with Crippen LogP contribution in [-0.2, 0) is 6.54 Å². The highest BCUT2D eigenvalue weighted by molar-refractivity contribution is 9.10. The summed E-state index contributed by atoms with van der Waals surface area (Å²) in [5.74, 6) is 0.593. The number of carbonyl (C=O) groups is 1. The largest absolute Gasteiger partial charge is 0.491 e. The molecule has 1 aromatic heterocycles. The molecular formula is C12H11BrN2O2. The molecular weight excluding hydrogens is 284 g/mol. The van der Waals surface area contributed by atoms with Crippen molar-refractivity contribution in [2.75, 3.05) is 6.61 Å². The van der Waals surface area contributed by atoms with Gasteiger partial charge in [0.05, 0.1) is 12.1 Å². The van der Waals surface area contributed by atoms with Gasteiger partial charge in [-0.1, -0.05) is 15.9 Å². The van der Waals surface area contributed by atoms with Crippen LogP contribution in [0, 0.1) is 0 Å². The maximum atomic E-state index is 10.9. The first-order chi connectivity index (χ1) is 8.29. The number of hydrogen-bond acceptors (Lipinski definition) is 3. The molecule has 0 N–H and O–H groups in total. The topological polar surface area (TPSA) is 44.1 Å². The Hall–Kier alpha value is -1.62. The fraction of sp³-hybridized carbons (Fsp3) is 0.167. The Kier molecular flexibility index (Phi) is 3.93. The van der Waals surface area contributed by atoms with Crippen LogP contribution < -0.4 is 4.74 Å². The highest BCUT2D eigenvalue weighted by atomic mass is 79.9. The van der Waals surface area contributed by atoms with Gasteiger partial charge < -0.3 is 4.74 Å². The zero-order chi connectivity index (χ0) is 12.1. The van der Waals surface area contributed by atoms with Crippen LogP contribution in [0.2, 0.25) is 0 Å². The number of aromatic nitrogens is 2. The molecule has 1 aromatic carbocycles. The van der Waals surface area contributed by atoms with Crippen molar-refractivity contribution in [2.24, 2.45) is 0 Å². The summed E-state index contributed by atoms with van der Waals surface area (Å²) in [5, 5.41) is 4.06. The maximum absolute atomic E-state index is 10.9. The fourth-order valence-electron chi connectivity index (χ4n) is 1.42. The second-order valence-electron chi connectivity index (χ2n) is 3.42. The Labute approximate surface area is 107 Å². The summed E-state index contributed by atoms with van der Waals surface area (Å²) in [6, 6.07) is 7.21. The molecule has 0 saturated heterocycles. The molecule has 17 heavy (non-hydrogen) atoms. The highest BCUT2D eigenvalue weighted by Crippen LogP contribution is 2.21. The average Bonchev–Trinajstić information content (AvgIpc) is 2.84. The summed E-state index contributed by atoms with van der Waals surface area (Å²) < 4.78 is 8.18. The van der Waals surface area contributed by atoms with Crippen LogP contribution in [0.4, 0.5) is 0 Å². The van der Waals surface area contributed by atoms with Crippen molar-refractivity contribution in [1.82, 2.24) is 9.78 Å².